The predicted octanol–water partition coefficient (Wildman–Crippen LogP) is 6.20. The number of carbonyl (C=O) groups is 1. The molecule has 0 aliphatic carbocycles. The molecule has 1 aromatic heterocycles. The van der Waals surface area contributed by atoms with Gasteiger partial charge in [-0.3, -0.25) is 10.1 Å². The molecule has 0 bridgehead atoms. The Morgan fingerprint density at radius 1 is 1.26 bits per heavy atom. The molecule has 2 heterocycles. The fraction of sp³-hybridized carbons (Fsp3) is 0.273. The third-order valence-electron chi connectivity index (χ3n) is 5.52. The number of carbonyl (C=O) groups excluding carboxylic acids is 1. The zero-order valence-electron chi connectivity index (χ0n) is 16.9. The fourth-order valence-corrected chi connectivity index (χ4v) is 5.14. The Morgan fingerprint density at radius 2 is 2.00 bits per heavy atom. The number of urea groups is 1. The molecule has 160 valence electrons. The number of amides is 2. The van der Waals surface area contributed by atoms with Crippen LogP contribution in [-0.2, 0) is 0 Å². The molecule has 2 amide bonds. The number of hydrogen-bond acceptors (Lipinski definition) is 5. The van der Waals surface area contributed by atoms with Gasteiger partial charge in [-0.05, 0) is 38.0 Å². The molecule has 0 spiro atoms. The number of benzene rings is 2. The topological polar surface area (TPSA) is 88.4 Å². The van der Waals surface area contributed by atoms with Crippen LogP contribution in [0.5, 0.6) is 0 Å². The minimum atomic E-state index is -0.438. The smallest absolute Gasteiger partial charge is 0.321 e. The van der Waals surface area contributed by atoms with Gasteiger partial charge in [0.15, 0.2) is 0 Å². The SMILES string of the molecule is Cc1c(NC(=O)N2CCC(c3nc(-c4cccc(Br)c4)cs3)CC2)cccc1[N+](=O)[O-]. The van der Waals surface area contributed by atoms with Gasteiger partial charge in [-0.1, -0.05) is 34.1 Å². The van der Waals surface area contributed by atoms with Crippen molar-refractivity contribution in [1.29, 1.82) is 0 Å². The van der Waals surface area contributed by atoms with Gasteiger partial charge in [-0.2, -0.15) is 0 Å². The molecule has 0 unspecified atom stereocenters. The molecule has 9 heteroatoms. The zero-order chi connectivity index (χ0) is 22.0. The van der Waals surface area contributed by atoms with E-state index in [0.29, 0.717) is 30.3 Å². The van der Waals surface area contributed by atoms with E-state index in [1.165, 1.54) is 6.07 Å². The first kappa shape index (κ1) is 21.5. The summed E-state index contributed by atoms with van der Waals surface area (Å²) in [6.45, 7) is 2.89. The standard InChI is InChI=1S/C22H21BrN4O3S/c1-14-18(6-3-7-20(14)27(29)30)25-22(28)26-10-8-15(9-11-26)21-24-19(13-31-21)16-4-2-5-17(23)12-16/h2-7,12-13,15H,8-11H2,1H3,(H,25,28). The molecule has 1 fully saturated rings. The van der Waals surface area contributed by atoms with E-state index >= 15 is 0 Å². The molecule has 3 aromatic rings. The molecule has 4 rings (SSSR count). The fourth-order valence-electron chi connectivity index (χ4n) is 3.74. The number of rotatable bonds is 4. The third kappa shape index (κ3) is 4.77. The summed E-state index contributed by atoms with van der Waals surface area (Å²) in [5.41, 5.74) is 2.99. The van der Waals surface area contributed by atoms with Crippen molar-refractivity contribution in [3.8, 4) is 11.3 Å². The Kier molecular flexibility index (Phi) is 6.33. The average Bonchev–Trinajstić information content (AvgIpc) is 3.25. The Balaban J connectivity index is 1.37. The molecule has 0 radical (unpaired) electrons. The van der Waals surface area contributed by atoms with Crippen molar-refractivity contribution < 1.29 is 9.72 Å². The molecule has 1 aliphatic rings. The number of hydrogen-bond donors (Lipinski definition) is 1. The van der Waals surface area contributed by atoms with Gasteiger partial charge in [0.1, 0.15) is 0 Å². The second-order valence-corrected chi connectivity index (χ2v) is 9.28. The lowest BCUT2D eigenvalue weighted by Crippen LogP contribution is -2.40. The van der Waals surface area contributed by atoms with E-state index in [0.717, 1.165) is 33.6 Å². The van der Waals surface area contributed by atoms with Crippen LogP contribution in [0.1, 0.15) is 29.3 Å². The van der Waals surface area contributed by atoms with Crippen molar-refractivity contribution in [3.05, 3.63) is 73.0 Å². The van der Waals surface area contributed by atoms with Crippen LogP contribution in [0.25, 0.3) is 11.3 Å². The summed E-state index contributed by atoms with van der Waals surface area (Å²) >= 11 is 5.17. The predicted molar refractivity (Wildman–Crippen MR) is 126 cm³/mol. The number of thiazole rings is 1. The lowest BCUT2D eigenvalue weighted by atomic mass is 9.98. The van der Waals surface area contributed by atoms with E-state index < -0.39 is 4.92 Å². The van der Waals surface area contributed by atoms with Gasteiger partial charge in [-0.25, -0.2) is 9.78 Å². The monoisotopic (exact) mass is 500 g/mol. The van der Waals surface area contributed by atoms with Gasteiger partial charge >= 0.3 is 6.03 Å². The maximum absolute atomic E-state index is 12.7. The first-order chi connectivity index (χ1) is 14.9. The Labute approximate surface area is 192 Å². The van der Waals surface area contributed by atoms with E-state index in [-0.39, 0.29) is 11.7 Å². The second kappa shape index (κ2) is 9.15. The molecule has 0 atom stereocenters. The number of piperidine rings is 1. The summed E-state index contributed by atoms with van der Waals surface area (Å²) in [6, 6.07) is 12.6. The van der Waals surface area contributed by atoms with Crippen molar-refractivity contribution in [2.75, 3.05) is 18.4 Å². The Hall–Kier alpha value is -2.78. The number of nitro benzene ring substituents is 1. The number of nitrogens with one attached hydrogen (secondary N) is 1. The van der Waals surface area contributed by atoms with Crippen LogP contribution in [0.4, 0.5) is 16.2 Å². The third-order valence-corrected chi connectivity index (χ3v) is 7.02. The van der Waals surface area contributed by atoms with Gasteiger partial charge in [0, 0.05) is 40.5 Å². The summed E-state index contributed by atoms with van der Waals surface area (Å²) in [7, 11) is 0. The van der Waals surface area contributed by atoms with Gasteiger partial charge in [0.25, 0.3) is 5.69 Å². The van der Waals surface area contributed by atoms with Gasteiger partial charge < -0.3 is 10.2 Å². The summed E-state index contributed by atoms with van der Waals surface area (Å²) in [5, 5.41) is 17.1. The minimum Gasteiger partial charge on any atom is -0.324 e. The van der Waals surface area contributed by atoms with E-state index in [2.05, 4.69) is 32.7 Å². The molecule has 2 aromatic carbocycles. The van der Waals surface area contributed by atoms with Gasteiger partial charge in [-0.15, -0.1) is 11.3 Å². The van der Waals surface area contributed by atoms with Gasteiger partial charge in [0.05, 0.1) is 26.9 Å². The van der Waals surface area contributed by atoms with Crippen molar-refractivity contribution >= 4 is 44.7 Å². The molecule has 7 nitrogen and oxygen atoms in total. The highest BCUT2D eigenvalue weighted by Gasteiger charge is 2.26. The van der Waals surface area contributed by atoms with Gasteiger partial charge in [0.2, 0.25) is 0 Å². The molecular formula is C22H21BrN4O3S. The minimum absolute atomic E-state index is 0.00141. The summed E-state index contributed by atoms with van der Waals surface area (Å²) in [6.07, 6.45) is 1.68. The normalized spacial score (nSPS) is 14.5. The first-order valence-electron chi connectivity index (χ1n) is 9.93. The highest BCUT2D eigenvalue weighted by Crippen LogP contribution is 2.34. The van der Waals surface area contributed by atoms with Crippen LogP contribution in [-0.4, -0.2) is 33.9 Å². The quantitative estimate of drug-likeness (QED) is 0.341. The van der Waals surface area contributed by atoms with Crippen molar-refractivity contribution in [2.24, 2.45) is 0 Å². The van der Waals surface area contributed by atoms with Crippen molar-refractivity contribution in [3.63, 3.8) is 0 Å². The molecule has 0 saturated carbocycles. The molecular weight excluding hydrogens is 480 g/mol. The first-order valence-corrected chi connectivity index (χ1v) is 11.6. The average molecular weight is 501 g/mol. The lowest BCUT2D eigenvalue weighted by molar-refractivity contribution is -0.385. The van der Waals surface area contributed by atoms with Crippen LogP contribution < -0.4 is 5.32 Å². The highest BCUT2D eigenvalue weighted by molar-refractivity contribution is 9.10. The molecule has 31 heavy (non-hydrogen) atoms. The number of nitrogens with zero attached hydrogens (tertiary/aromatic N) is 3. The van der Waals surface area contributed by atoms with E-state index in [9.17, 15) is 14.9 Å². The number of aromatic nitrogens is 1. The zero-order valence-corrected chi connectivity index (χ0v) is 19.3. The largest absolute Gasteiger partial charge is 0.324 e. The second-order valence-electron chi connectivity index (χ2n) is 7.48. The van der Waals surface area contributed by atoms with E-state index in [4.69, 9.17) is 4.98 Å². The number of halogens is 1. The number of anilines is 1. The maximum Gasteiger partial charge on any atom is 0.321 e. The maximum atomic E-state index is 12.7. The Morgan fingerprint density at radius 3 is 2.71 bits per heavy atom. The lowest BCUT2D eigenvalue weighted by Gasteiger charge is -2.31. The molecule has 1 N–H and O–H groups in total. The summed E-state index contributed by atoms with van der Waals surface area (Å²) in [5.74, 6) is 0.328. The van der Waals surface area contributed by atoms with Crippen molar-refractivity contribution in [1.82, 2.24) is 9.88 Å². The number of nitro groups is 1. The molecule has 1 aliphatic heterocycles. The summed E-state index contributed by atoms with van der Waals surface area (Å²) in [4.78, 5) is 30.0. The van der Waals surface area contributed by atoms with Crippen LogP contribution >= 0.6 is 27.3 Å². The van der Waals surface area contributed by atoms with Crippen LogP contribution in [0.3, 0.4) is 0 Å². The highest BCUT2D eigenvalue weighted by atomic mass is 79.9. The van der Waals surface area contributed by atoms with E-state index in [1.54, 1.807) is 35.3 Å². The van der Waals surface area contributed by atoms with Crippen LogP contribution in [0.2, 0.25) is 0 Å². The van der Waals surface area contributed by atoms with Crippen LogP contribution in [0.15, 0.2) is 52.3 Å². The van der Waals surface area contributed by atoms with Crippen LogP contribution in [0, 0.1) is 17.0 Å². The number of likely N-dealkylation sites (tertiary alicyclic amines) is 1. The van der Waals surface area contributed by atoms with Crippen molar-refractivity contribution in [2.45, 2.75) is 25.7 Å². The molecule has 1 saturated heterocycles. The summed E-state index contributed by atoms with van der Waals surface area (Å²) < 4.78 is 1.03. The van der Waals surface area contributed by atoms with E-state index in [1.807, 2.05) is 18.2 Å². The Bertz CT molecular complexity index is 1130.